The van der Waals surface area contributed by atoms with Crippen LogP contribution in [0.3, 0.4) is 0 Å². The van der Waals surface area contributed by atoms with Crippen LogP contribution in [0.2, 0.25) is 0 Å². The molecule has 16 heavy (non-hydrogen) atoms. The first-order valence-electron chi connectivity index (χ1n) is 6.53. The molecule has 1 aliphatic rings. The lowest BCUT2D eigenvalue weighted by atomic mass is 9.99. The molecule has 0 aromatic rings. The SMILES string of the molecule is CCCCN(CCCC(C)(N)C#N)C1CC1. The summed E-state index contributed by atoms with van der Waals surface area (Å²) >= 11 is 0. The monoisotopic (exact) mass is 223 g/mol. The first-order valence-corrected chi connectivity index (χ1v) is 6.53. The predicted octanol–water partition coefficient (Wildman–Crippen LogP) is 2.27. The van der Waals surface area contributed by atoms with Crippen molar-refractivity contribution in [3.8, 4) is 6.07 Å². The van der Waals surface area contributed by atoms with Crippen LogP contribution in [0.1, 0.15) is 52.4 Å². The van der Waals surface area contributed by atoms with Crippen molar-refractivity contribution in [2.45, 2.75) is 64.0 Å². The fraction of sp³-hybridized carbons (Fsp3) is 0.923. The summed E-state index contributed by atoms with van der Waals surface area (Å²) in [6.45, 7) is 6.38. The van der Waals surface area contributed by atoms with Crippen molar-refractivity contribution >= 4 is 0 Å². The van der Waals surface area contributed by atoms with Gasteiger partial charge < -0.3 is 10.6 Å². The Morgan fingerprint density at radius 2 is 2.00 bits per heavy atom. The molecule has 0 aliphatic heterocycles. The fourth-order valence-electron chi connectivity index (χ4n) is 1.98. The molecule has 0 spiro atoms. The lowest BCUT2D eigenvalue weighted by Gasteiger charge is -2.23. The Kier molecular flexibility index (Phi) is 5.24. The van der Waals surface area contributed by atoms with Gasteiger partial charge in [0.25, 0.3) is 0 Å². The topological polar surface area (TPSA) is 53.0 Å². The second-order valence-corrected chi connectivity index (χ2v) is 5.25. The molecule has 0 heterocycles. The molecule has 1 aliphatic carbocycles. The van der Waals surface area contributed by atoms with Crippen molar-refractivity contribution in [2.24, 2.45) is 5.73 Å². The summed E-state index contributed by atoms with van der Waals surface area (Å²) in [6, 6.07) is 2.99. The fourth-order valence-corrected chi connectivity index (χ4v) is 1.98. The minimum Gasteiger partial charge on any atom is -0.314 e. The molecule has 3 nitrogen and oxygen atoms in total. The molecule has 0 bridgehead atoms. The van der Waals surface area contributed by atoms with Crippen molar-refractivity contribution in [1.29, 1.82) is 5.26 Å². The maximum absolute atomic E-state index is 8.83. The highest BCUT2D eigenvalue weighted by Crippen LogP contribution is 2.27. The zero-order valence-corrected chi connectivity index (χ0v) is 10.7. The number of rotatable bonds is 8. The third-order valence-corrected chi connectivity index (χ3v) is 3.26. The van der Waals surface area contributed by atoms with E-state index >= 15 is 0 Å². The van der Waals surface area contributed by atoms with Crippen molar-refractivity contribution in [3.63, 3.8) is 0 Å². The number of nitrogens with two attached hydrogens (primary N) is 1. The van der Waals surface area contributed by atoms with Crippen LogP contribution in [0, 0.1) is 11.3 Å². The van der Waals surface area contributed by atoms with Gasteiger partial charge in [-0.05, 0) is 52.1 Å². The van der Waals surface area contributed by atoms with E-state index < -0.39 is 5.54 Å². The Morgan fingerprint density at radius 3 is 2.50 bits per heavy atom. The summed E-state index contributed by atoms with van der Waals surface area (Å²) < 4.78 is 0. The van der Waals surface area contributed by atoms with Crippen molar-refractivity contribution in [3.05, 3.63) is 0 Å². The molecule has 1 unspecified atom stereocenters. The standard InChI is InChI=1S/C13H25N3/c1-3-4-9-16(12-6-7-12)10-5-8-13(2,15)11-14/h12H,3-10,15H2,1-2H3. The molecule has 2 N–H and O–H groups in total. The van der Waals surface area contributed by atoms with Crippen LogP contribution < -0.4 is 5.73 Å². The summed E-state index contributed by atoms with van der Waals surface area (Å²) in [6.07, 6.45) is 7.12. The van der Waals surface area contributed by atoms with Gasteiger partial charge in [0.2, 0.25) is 0 Å². The highest BCUT2D eigenvalue weighted by molar-refractivity contribution is 5.00. The second kappa shape index (κ2) is 6.22. The van der Waals surface area contributed by atoms with E-state index in [9.17, 15) is 0 Å². The van der Waals surface area contributed by atoms with Gasteiger partial charge in [0.05, 0.1) is 6.07 Å². The van der Waals surface area contributed by atoms with Gasteiger partial charge in [0.1, 0.15) is 5.54 Å². The van der Waals surface area contributed by atoms with Crippen LogP contribution in [0.25, 0.3) is 0 Å². The van der Waals surface area contributed by atoms with Crippen molar-refractivity contribution < 1.29 is 0 Å². The number of hydrogen-bond acceptors (Lipinski definition) is 3. The number of hydrogen-bond donors (Lipinski definition) is 1. The van der Waals surface area contributed by atoms with Gasteiger partial charge >= 0.3 is 0 Å². The Balaban J connectivity index is 2.20. The summed E-state index contributed by atoms with van der Waals surface area (Å²) in [5, 5.41) is 8.83. The van der Waals surface area contributed by atoms with E-state index in [1.54, 1.807) is 0 Å². The molecule has 0 aromatic carbocycles. The Morgan fingerprint density at radius 1 is 1.38 bits per heavy atom. The van der Waals surface area contributed by atoms with Crippen molar-refractivity contribution in [1.82, 2.24) is 4.90 Å². The molecule has 0 amide bonds. The lowest BCUT2D eigenvalue weighted by Crippen LogP contribution is -2.36. The molecule has 0 saturated heterocycles. The van der Waals surface area contributed by atoms with Crippen LogP contribution in [0.5, 0.6) is 0 Å². The van der Waals surface area contributed by atoms with Gasteiger partial charge in [-0.1, -0.05) is 13.3 Å². The second-order valence-electron chi connectivity index (χ2n) is 5.25. The third kappa shape index (κ3) is 4.96. The average Bonchev–Trinajstić information content (AvgIpc) is 3.07. The van der Waals surface area contributed by atoms with E-state index in [0.29, 0.717) is 0 Å². The van der Waals surface area contributed by atoms with E-state index in [-0.39, 0.29) is 0 Å². The van der Waals surface area contributed by atoms with Crippen LogP contribution >= 0.6 is 0 Å². The van der Waals surface area contributed by atoms with Gasteiger partial charge in [0.15, 0.2) is 0 Å². The van der Waals surface area contributed by atoms with Crippen LogP contribution in [0.4, 0.5) is 0 Å². The molecule has 0 aromatic heterocycles. The molecule has 92 valence electrons. The molecule has 1 saturated carbocycles. The molecule has 1 atom stereocenters. The van der Waals surface area contributed by atoms with Crippen molar-refractivity contribution in [2.75, 3.05) is 13.1 Å². The summed E-state index contributed by atoms with van der Waals surface area (Å²) in [4.78, 5) is 2.58. The van der Waals surface area contributed by atoms with E-state index in [0.717, 1.165) is 25.4 Å². The predicted molar refractivity (Wildman–Crippen MR) is 66.9 cm³/mol. The zero-order chi connectivity index (χ0) is 12.0. The first-order chi connectivity index (χ1) is 7.59. The maximum atomic E-state index is 8.83. The van der Waals surface area contributed by atoms with Crippen LogP contribution in [-0.2, 0) is 0 Å². The Bertz CT molecular complexity index is 238. The largest absolute Gasteiger partial charge is 0.314 e. The van der Waals surface area contributed by atoms with E-state index in [4.69, 9.17) is 11.0 Å². The van der Waals surface area contributed by atoms with Crippen LogP contribution in [-0.4, -0.2) is 29.6 Å². The molecule has 0 radical (unpaired) electrons. The smallest absolute Gasteiger partial charge is 0.101 e. The molecular weight excluding hydrogens is 198 g/mol. The Labute approximate surface area is 99.6 Å². The minimum atomic E-state index is -0.639. The number of nitriles is 1. The summed E-state index contributed by atoms with van der Waals surface area (Å²) in [7, 11) is 0. The molecule has 3 heteroatoms. The van der Waals surface area contributed by atoms with E-state index in [1.165, 1.54) is 32.2 Å². The van der Waals surface area contributed by atoms with Gasteiger partial charge in [0, 0.05) is 6.04 Å². The quantitative estimate of drug-likeness (QED) is 0.687. The zero-order valence-electron chi connectivity index (χ0n) is 10.7. The Hall–Kier alpha value is -0.590. The van der Waals surface area contributed by atoms with Gasteiger partial charge in [-0.2, -0.15) is 5.26 Å². The molecular formula is C13H25N3. The lowest BCUT2D eigenvalue weighted by molar-refractivity contribution is 0.249. The first kappa shape index (κ1) is 13.5. The van der Waals surface area contributed by atoms with E-state index in [2.05, 4.69) is 17.9 Å². The summed E-state index contributed by atoms with van der Waals surface area (Å²) in [5.41, 5.74) is 5.18. The average molecular weight is 223 g/mol. The minimum absolute atomic E-state index is 0.639. The van der Waals surface area contributed by atoms with E-state index in [1.807, 2.05) is 6.92 Å². The van der Waals surface area contributed by atoms with Gasteiger partial charge in [-0.25, -0.2) is 0 Å². The third-order valence-electron chi connectivity index (χ3n) is 3.26. The maximum Gasteiger partial charge on any atom is 0.101 e. The number of unbranched alkanes of at least 4 members (excludes halogenated alkanes) is 1. The number of nitrogens with zero attached hydrogens (tertiary/aromatic N) is 2. The highest BCUT2D eigenvalue weighted by Gasteiger charge is 2.28. The van der Waals surface area contributed by atoms with Gasteiger partial charge in [-0.15, -0.1) is 0 Å². The molecule has 1 rings (SSSR count). The van der Waals surface area contributed by atoms with Crippen LogP contribution in [0.15, 0.2) is 0 Å². The summed E-state index contributed by atoms with van der Waals surface area (Å²) in [5.74, 6) is 0. The normalized spacial score (nSPS) is 19.4. The highest BCUT2D eigenvalue weighted by atomic mass is 15.2. The van der Waals surface area contributed by atoms with Gasteiger partial charge in [-0.3, -0.25) is 0 Å². The molecule has 1 fully saturated rings.